The Kier molecular flexibility index (Phi) is 61.4. The van der Waals surface area contributed by atoms with E-state index in [1.807, 2.05) is 6.08 Å². The maximum atomic E-state index is 12.5. The van der Waals surface area contributed by atoms with Gasteiger partial charge >= 0.3 is 5.97 Å². The number of carbonyl (C=O) groups excluding carboxylic acids is 2. The largest absolute Gasteiger partial charge is 0.466 e. The van der Waals surface area contributed by atoms with Crippen molar-refractivity contribution in [2.45, 2.75) is 379 Å². The van der Waals surface area contributed by atoms with E-state index in [1.165, 1.54) is 295 Å². The molecule has 0 fully saturated rings. The molecule has 0 saturated heterocycles. The second-order valence-corrected chi connectivity index (χ2v) is 22.8. The Morgan fingerprint density at radius 3 is 0.973 bits per heavy atom. The molecule has 0 rings (SSSR count). The predicted octanol–water partition coefficient (Wildman–Crippen LogP) is 21.0. The van der Waals surface area contributed by atoms with E-state index in [4.69, 9.17) is 4.74 Å². The molecule has 0 aliphatic heterocycles. The molecule has 0 aromatic carbocycles. The lowest BCUT2D eigenvalue weighted by Gasteiger charge is -2.20. The summed E-state index contributed by atoms with van der Waals surface area (Å²) in [6.45, 7) is 4.93. The molecule has 0 aliphatic rings. The Morgan fingerprint density at radius 1 is 0.370 bits per heavy atom. The molecule has 0 spiro atoms. The van der Waals surface area contributed by atoms with Gasteiger partial charge in [-0.25, -0.2) is 0 Å². The highest BCUT2D eigenvalue weighted by atomic mass is 16.5. The number of carbonyl (C=O) groups is 2. The van der Waals surface area contributed by atoms with E-state index in [1.54, 1.807) is 6.08 Å². The maximum absolute atomic E-state index is 12.5. The van der Waals surface area contributed by atoms with E-state index >= 15 is 0 Å². The van der Waals surface area contributed by atoms with Crippen LogP contribution in [0.4, 0.5) is 0 Å². The number of hydrogen-bond acceptors (Lipinski definition) is 5. The van der Waals surface area contributed by atoms with Gasteiger partial charge in [0.2, 0.25) is 5.91 Å². The molecule has 0 radical (unpaired) electrons. The lowest BCUT2D eigenvalue weighted by molar-refractivity contribution is -0.143. The van der Waals surface area contributed by atoms with Gasteiger partial charge in [0.25, 0.3) is 0 Å². The Morgan fingerprint density at radius 2 is 0.644 bits per heavy atom. The third kappa shape index (κ3) is 59.4. The van der Waals surface area contributed by atoms with E-state index in [9.17, 15) is 19.8 Å². The first-order valence-electron chi connectivity index (χ1n) is 33.1. The molecule has 0 heterocycles. The summed E-state index contributed by atoms with van der Waals surface area (Å²) in [5.41, 5.74) is 0. The van der Waals surface area contributed by atoms with Crippen LogP contribution in [-0.4, -0.2) is 47.4 Å². The van der Waals surface area contributed by atoms with Gasteiger partial charge in [0, 0.05) is 12.8 Å². The molecule has 2 unspecified atom stereocenters. The van der Waals surface area contributed by atoms with Gasteiger partial charge in [-0.05, 0) is 57.8 Å². The van der Waals surface area contributed by atoms with Gasteiger partial charge in [-0.2, -0.15) is 0 Å². The number of unbranched alkanes of at least 4 members (excludes halogenated alkanes) is 49. The van der Waals surface area contributed by atoms with Crippen molar-refractivity contribution >= 4 is 11.9 Å². The van der Waals surface area contributed by atoms with Gasteiger partial charge in [-0.1, -0.05) is 321 Å². The number of aliphatic hydroxyl groups excluding tert-OH is 2. The van der Waals surface area contributed by atoms with Crippen LogP contribution in [0.1, 0.15) is 367 Å². The van der Waals surface area contributed by atoms with Crippen molar-refractivity contribution in [1.82, 2.24) is 5.32 Å². The maximum Gasteiger partial charge on any atom is 0.305 e. The van der Waals surface area contributed by atoms with Crippen LogP contribution in [0.3, 0.4) is 0 Å². The normalized spacial score (nSPS) is 12.7. The molecule has 1 amide bonds. The summed E-state index contributed by atoms with van der Waals surface area (Å²) < 4.78 is 5.50. The first-order chi connectivity index (χ1) is 36.0. The Labute approximate surface area is 456 Å². The fourth-order valence-corrected chi connectivity index (χ4v) is 10.4. The number of allylic oxidation sites excluding steroid dienone is 3. The predicted molar refractivity (Wildman–Crippen MR) is 320 cm³/mol. The number of aliphatic hydroxyl groups is 2. The lowest BCUT2D eigenvalue weighted by Crippen LogP contribution is -2.45. The minimum Gasteiger partial charge on any atom is -0.466 e. The molecular weight excluding hydrogens is 899 g/mol. The van der Waals surface area contributed by atoms with Crippen LogP contribution in [0.25, 0.3) is 0 Å². The van der Waals surface area contributed by atoms with Crippen LogP contribution in [0, 0.1) is 0 Å². The second-order valence-electron chi connectivity index (χ2n) is 22.8. The molecule has 0 saturated carbocycles. The molecule has 432 valence electrons. The van der Waals surface area contributed by atoms with Crippen LogP contribution in [-0.2, 0) is 14.3 Å². The molecule has 73 heavy (non-hydrogen) atoms. The quantitative estimate of drug-likeness (QED) is 0.0320. The van der Waals surface area contributed by atoms with E-state index in [2.05, 4.69) is 31.3 Å². The van der Waals surface area contributed by atoms with Crippen molar-refractivity contribution in [2.24, 2.45) is 0 Å². The average molecular weight is 1030 g/mol. The number of esters is 1. The molecule has 0 aromatic heterocycles. The highest BCUT2D eigenvalue weighted by Crippen LogP contribution is 2.18. The number of amides is 1. The highest BCUT2D eigenvalue weighted by molar-refractivity contribution is 5.76. The molecule has 2 atom stereocenters. The van der Waals surface area contributed by atoms with Crippen molar-refractivity contribution < 1.29 is 24.5 Å². The van der Waals surface area contributed by atoms with Crippen LogP contribution in [0.2, 0.25) is 0 Å². The van der Waals surface area contributed by atoms with Crippen molar-refractivity contribution in [3.8, 4) is 0 Å². The first kappa shape index (κ1) is 71.3. The van der Waals surface area contributed by atoms with Gasteiger partial charge < -0.3 is 20.3 Å². The summed E-state index contributed by atoms with van der Waals surface area (Å²) in [6.07, 6.45) is 78.0. The second kappa shape index (κ2) is 62.9. The third-order valence-electron chi connectivity index (χ3n) is 15.5. The fourth-order valence-electron chi connectivity index (χ4n) is 10.4. The summed E-state index contributed by atoms with van der Waals surface area (Å²) in [5.74, 6) is -0.0554. The van der Waals surface area contributed by atoms with E-state index in [0.717, 1.165) is 44.9 Å². The highest BCUT2D eigenvalue weighted by Gasteiger charge is 2.18. The van der Waals surface area contributed by atoms with Crippen LogP contribution < -0.4 is 5.32 Å². The smallest absolute Gasteiger partial charge is 0.305 e. The number of nitrogens with one attached hydrogen (secondary N) is 1. The van der Waals surface area contributed by atoms with Gasteiger partial charge in [-0.3, -0.25) is 9.59 Å². The van der Waals surface area contributed by atoms with E-state index in [-0.39, 0.29) is 18.5 Å². The summed E-state index contributed by atoms with van der Waals surface area (Å²) in [4.78, 5) is 24.6. The summed E-state index contributed by atoms with van der Waals surface area (Å²) in [5, 5.41) is 23.2. The Balaban J connectivity index is 3.38. The van der Waals surface area contributed by atoms with Gasteiger partial charge in [-0.15, -0.1) is 0 Å². The average Bonchev–Trinajstić information content (AvgIpc) is 3.39. The fraction of sp³-hybridized carbons (Fsp3) is 0.910. The molecule has 0 aromatic rings. The number of rotatable bonds is 62. The number of ether oxygens (including phenoxy) is 1. The molecule has 3 N–H and O–H groups in total. The van der Waals surface area contributed by atoms with Gasteiger partial charge in [0.1, 0.15) is 0 Å². The summed E-state index contributed by atoms with van der Waals surface area (Å²) in [7, 11) is 0. The van der Waals surface area contributed by atoms with Gasteiger partial charge in [0.05, 0.1) is 25.4 Å². The Bertz CT molecular complexity index is 1140. The van der Waals surface area contributed by atoms with Crippen molar-refractivity contribution in [1.29, 1.82) is 0 Å². The molecule has 6 heteroatoms. The SMILES string of the molecule is CCCCCCCCC/C=C\CCCCCCCCCC(=O)OCCCCCCCCCCCCCCCCCCCCCCCCC(=O)NC(CO)C(O)/C=C/CCCCCCCCCCCCCCCC. The van der Waals surface area contributed by atoms with Crippen molar-refractivity contribution in [2.75, 3.05) is 13.2 Å². The summed E-state index contributed by atoms with van der Waals surface area (Å²) in [6, 6.07) is -0.628. The lowest BCUT2D eigenvalue weighted by atomic mass is 10.0. The number of hydrogen-bond donors (Lipinski definition) is 3. The van der Waals surface area contributed by atoms with Gasteiger partial charge in [0.15, 0.2) is 0 Å². The van der Waals surface area contributed by atoms with E-state index < -0.39 is 12.1 Å². The first-order valence-corrected chi connectivity index (χ1v) is 33.1. The van der Waals surface area contributed by atoms with Crippen LogP contribution in [0.15, 0.2) is 24.3 Å². The minimum atomic E-state index is -0.844. The molecular formula is C67H129NO5. The Hall–Kier alpha value is -1.66. The van der Waals surface area contributed by atoms with Crippen LogP contribution in [0.5, 0.6) is 0 Å². The zero-order valence-corrected chi connectivity index (χ0v) is 49.4. The van der Waals surface area contributed by atoms with Crippen molar-refractivity contribution in [3.05, 3.63) is 24.3 Å². The minimum absolute atomic E-state index is 0.0104. The molecule has 0 bridgehead atoms. The topological polar surface area (TPSA) is 95.9 Å². The monoisotopic (exact) mass is 1030 g/mol. The standard InChI is InChI=1S/C67H129NO5/c1-3-5-7-9-11-13-15-17-19-21-29-33-37-41-45-49-53-57-61-67(72)73-62-58-54-50-46-42-38-34-30-27-25-23-22-24-26-28-32-36-40-44-48-52-56-60-66(71)68-64(63-69)65(70)59-55-51-47-43-39-35-31-20-18-16-14-12-10-8-6-4-2/h19,21,55,59,64-65,69-70H,3-18,20,22-54,56-58,60-63H2,1-2H3,(H,68,71)/b21-19-,59-55+. The molecule has 6 nitrogen and oxygen atoms in total. The van der Waals surface area contributed by atoms with Crippen LogP contribution >= 0.6 is 0 Å². The molecule has 0 aliphatic carbocycles. The third-order valence-corrected chi connectivity index (χ3v) is 15.5. The summed E-state index contributed by atoms with van der Waals surface area (Å²) >= 11 is 0. The zero-order chi connectivity index (χ0) is 52.9. The zero-order valence-electron chi connectivity index (χ0n) is 49.4. The van der Waals surface area contributed by atoms with E-state index in [0.29, 0.717) is 19.4 Å². The van der Waals surface area contributed by atoms with Crippen molar-refractivity contribution in [3.63, 3.8) is 0 Å².